The van der Waals surface area contributed by atoms with E-state index >= 15 is 0 Å². The molecule has 0 radical (unpaired) electrons. The largest absolute Gasteiger partial charge is 0.341 e. The maximum Gasteiger partial charge on any atom is 0.253 e. The van der Waals surface area contributed by atoms with Gasteiger partial charge in [0.2, 0.25) is 0 Å². The molecule has 0 unspecified atom stereocenters. The average Bonchev–Trinajstić information content (AvgIpc) is 3.08. The first-order valence-electron chi connectivity index (χ1n) is 10.0. The molecule has 0 atom stereocenters. The van der Waals surface area contributed by atoms with E-state index in [1.54, 1.807) is 17.0 Å². The number of halogens is 1. The van der Waals surface area contributed by atoms with Crippen LogP contribution in [0.15, 0.2) is 24.3 Å². The van der Waals surface area contributed by atoms with Crippen LogP contribution in [-0.4, -0.2) is 61.4 Å². The average molecular weight is 408 g/mol. The number of likely N-dealkylation sites (tertiary alicyclic amines) is 1. The first kappa shape index (κ1) is 22.7. The summed E-state index contributed by atoms with van der Waals surface area (Å²) in [6.07, 6.45) is 3.36. The molecule has 0 bridgehead atoms. The van der Waals surface area contributed by atoms with Crippen molar-refractivity contribution in [1.82, 2.24) is 15.1 Å². The van der Waals surface area contributed by atoms with Crippen LogP contribution in [-0.2, 0) is 0 Å². The van der Waals surface area contributed by atoms with Crippen molar-refractivity contribution >= 4 is 24.2 Å². The van der Waals surface area contributed by atoms with E-state index in [0.717, 1.165) is 39.0 Å². The third kappa shape index (κ3) is 5.26. The maximum atomic E-state index is 13.0. The summed E-state index contributed by atoms with van der Waals surface area (Å²) in [4.78, 5) is 29.4. The zero-order valence-electron chi connectivity index (χ0n) is 17.6. The molecular weight excluding hydrogens is 374 g/mol. The number of benzene rings is 1. The van der Waals surface area contributed by atoms with E-state index in [4.69, 9.17) is 0 Å². The van der Waals surface area contributed by atoms with Crippen molar-refractivity contribution in [3.05, 3.63) is 35.4 Å². The zero-order chi connectivity index (χ0) is 19.7. The molecule has 1 spiro atoms. The summed E-state index contributed by atoms with van der Waals surface area (Å²) in [6.45, 7) is 10.8. The molecular formula is C22H34ClN3O2. The molecule has 0 saturated carbocycles. The Morgan fingerprint density at radius 3 is 2.36 bits per heavy atom. The Morgan fingerprint density at radius 2 is 1.79 bits per heavy atom. The maximum absolute atomic E-state index is 13.0. The molecule has 0 aliphatic carbocycles. The Balaban J connectivity index is 0.00000280. The van der Waals surface area contributed by atoms with Crippen molar-refractivity contribution in [3.8, 4) is 0 Å². The highest BCUT2D eigenvalue weighted by Crippen LogP contribution is 2.37. The summed E-state index contributed by atoms with van der Waals surface area (Å²) in [5.41, 5.74) is 1.63. The van der Waals surface area contributed by atoms with E-state index in [2.05, 4.69) is 26.1 Å². The Hall–Kier alpha value is -1.59. The van der Waals surface area contributed by atoms with Gasteiger partial charge in [0.15, 0.2) is 0 Å². The zero-order valence-corrected chi connectivity index (χ0v) is 18.4. The normalized spacial score (nSPS) is 18.6. The summed E-state index contributed by atoms with van der Waals surface area (Å²) in [7, 11) is 1.82. The molecule has 156 valence electrons. The van der Waals surface area contributed by atoms with Crippen LogP contribution in [0.4, 0.5) is 0 Å². The van der Waals surface area contributed by atoms with Crippen molar-refractivity contribution in [2.75, 3.05) is 39.8 Å². The fourth-order valence-corrected chi connectivity index (χ4v) is 4.38. The van der Waals surface area contributed by atoms with Crippen LogP contribution in [0.25, 0.3) is 0 Å². The van der Waals surface area contributed by atoms with Gasteiger partial charge in [-0.3, -0.25) is 9.59 Å². The monoisotopic (exact) mass is 407 g/mol. The van der Waals surface area contributed by atoms with E-state index in [1.165, 1.54) is 6.42 Å². The minimum Gasteiger partial charge on any atom is -0.341 e. The minimum atomic E-state index is -0.0331. The number of nitrogens with zero attached hydrogens (tertiary/aromatic N) is 2. The summed E-state index contributed by atoms with van der Waals surface area (Å²) >= 11 is 0. The minimum absolute atomic E-state index is 0. The van der Waals surface area contributed by atoms with Crippen LogP contribution in [0.3, 0.4) is 0 Å². The molecule has 2 fully saturated rings. The molecule has 5 nitrogen and oxygen atoms in total. The lowest BCUT2D eigenvalue weighted by molar-refractivity contribution is 0.0607. The predicted molar refractivity (Wildman–Crippen MR) is 115 cm³/mol. The van der Waals surface area contributed by atoms with Crippen LogP contribution < -0.4 is 5.32 Å². The molecule has 1 N–H and O–H groups in total. The highest BCUT2D eigenvalue weighted by Gasteiger charge is 2.38. The quantitative estimate of drug-likeness (QED) is 0.834. The predicted octanol–water partition coefficient (Wildman–Crippen LogP) is 3.44. The van der Waals surface area contributed by atoms with Crippen molar-refractivity contribution < 1.29 is 9.59 Å². The van der Waals surface area contributed by atoms with Gasteiger partial charge in [0.25, 0.3) is 11.8 Å². The highest BCUT2D eigenvalue weighted by molar-refractivity contribution is 5.99. The number of nitrogens with one attached hydrogen (secondary N) is 1. The number of hydrogen-bond acceptors (Lipinski definition) is 3. The third-order valence-electron chi connectivity index (χ3n) is 5.86. The topological polar surface area (TPSA) is 52.7 Å². The smallest absolute Gasteiger partial charge is 0.253 e. The molecule has 2 heterocycles. The lowest BCUT2D eigenvalue weighted by Crippen LogP contribution is -2.44. The van der Waals surface area contributed by atoms with Crippen LogP contribution >= 0.6 is 12.4 Å². The van der Waals surface area contributed by atoms with Gasteiger partial charge in [-0.1, -0.05) is 26.8 Å². The van der Waals surface area contributed by atoms with E-state index in [1.807, 2.05) is 24.1 Å². The Kier molecular flexibility index (Phi) is 7.16. The van der Waals surface area contributed by atoms with Gasteiger partial charge in [-0.15, -0.1) is 12.4 Å². The van der Waals surface area contributed by atoms with Crippen molar-refractivity contribution in [1.29, 1.82) is 0 Å². The summed E-state index contributed by atoms with van der Waals surface area (Å²) in [5.74, 6) is 0.0122. The molecule has 2 aliphatic heterocycles. The SMILES string of the molecule is CN(CC(C)(C)C)C(=O)c1cccc(C(=O)N2CCC3(CCNC3)CC2)c1.Cl. The fraction of sp³-hybridized carbons (Fsp3) is 0.636. The van der Waals surface area contributed by atoms with Gasteiger partial charge in [0, 0.05) is 44.4 Å². The number of rotatable bonds is 3. The number of hydrogen-bond donors (Lipinski definition) is 1. The standard InChI is InChI=1S/C22H33N3O2.ClH/c1-21(2,3)16-24(4)19(26)17-6-5-7-18(14-17)20(27)25-12-9-22(10-13-25)8-11-23-15-22;/h5-7,14,23H,8-13,15-16H2,1-4H3;1H. The number of carbonyl (C=O) groups is 2. The van der Waals surface area contributed by atoms with Crippen LogP contribution in [0.5, 0.6) is 0 Å². The van der Waals surface area contributed by atoms with Crippen LogP contribution in [0, 0.1) is 10.8 Å². The van der Waals surface area contributed by atoms with Gasteiger partial charge in [-0.2, -0.15) is 0 Å². The molecule has 2 amide bonds. The van der Waals surface area contributed by atoms with Gasteiger partial charge in [-0.25, -0.2) is 0 Å². The first-order valence-corrected chi connectivity index (χ1v) is 10.0. The number of piperidine rings is 1. The second-order valence-corrected chi connectivity index (χ2v) is 9.52. The molecule has 3 rings (SSSR count). The molecule has 2 saturated heterocycles. The van der Waals surface area contributed by atoms with Gasteiger partial charge >= 0.3 is 0 Å². The Labute approximate surface area is 175 Å². The Morgan fingerprint density at radius 1 is 1.14 bits per heavy atom. The van der Waals surface area contributed by atoms with Gasteiger partial charge < -0.3 is 15.1 Å². The fourth-order valence-electron chi connectivity index (χ4n) is 4.38. The molecule has 1 aromatic carbocycles. The molecule has 2 aliphatic rings. The van der Waals surface area contributed by atoms with Gasteiger partial charge in [-0.05, 0) is 54.8 Å². The van der Waals surface area contributed by atoms with E-state index in [0.29, 0.717) is 23.1 Å². The van der Waals surface area contributed by atoms with E-state index in [-0.39, 0.29) is 29.6 Å². The number of amides is 2. The van der Waals surface area contributed by atoms with E-state index < -0.39 is 0 Å². The van der Waals surface area contributed by atoms with Gasteiger partial charge in [0.1, 0.15) is 0 Å². The third-order valence-corrected chi connectivity index (χ3v) is 5.86. The highest BCUT2D eigenvalue weighted by atomic mass is 35.5. The van der Waals surface area contributed by atoms with Crippen LogP contribution in [0.2, 0.25) is 0 Å². The second-order valence-electron chi connectivity index (χ2n) is 9.52. The molecule has 28 heavy (non-hydrogen) atoms. The lowest BCUT2D eigenvalue weighted by atomic mass is 9.78. The molecule has 6 heteroatoms. The summed E-state index contributed by atoms with van der Waals surface area (Å²) in [5, 5.41) is 3.46. The second kappa shape index (κ2) is 8.83. The molecule has 0 aromatic heterocycles. The summed E-state index contributed by atoms with van der Waals surface area (Å²) in [6, 6.07) is 7.20. The van der Waals surface area contributed by atoms with Crippen LogP contribution in [0.1, 0.15) is 60.7 Å². The molecule has 1 aromatic rings. The number of carbonyl (C=O) groups excluding carboxylic acids is 2. The first-order chi connectivity index (χ1) is 12.7. The lowest BCUT2D eigenvalue weighted by Gasteiger charge is -2.39. The van der Waals surface area contributed by atoms with E-state index in [9.17, 15) is 9.59 Å². The van der Waals surface area contributed by atoms with Crippen molar-refractivity contribution in [2.24, 2.45) is 10.8 Å². The van der Waals surface area contributed by atoms with Crippen molar-refractivity contribution in [2.45, 2.75) is 40.0 Å². The summed E-state index contributed by atoms with van der Waals surface area (Å²) < 4.78 is 0. The Bertz CT molecular complexity index is 698. The van der Waals surface area contributed by atoms with Gasteiger partial charge in [0.05, 0.1) is 0 Å². The van der Waals surface area contributed by atoms with Crippen molar-refractivity contribution in [3.63, 3.8) is 0 Å².